The van der Waals surface area contributed by atoms with Gasteiger partial charge in [-0.05, 0) is 49.8 Å². The van der Waals surface area contributed by atoms with Crippen LogP contribution >= 0.6 is 0 Å². The molecular formula is C20H29N3O3. The Morgan fingerprint density at radius 3 is 2.77 bits per heavy atom. The zero-order valence-corrected chi connectivity index (χ0v) is 15.5. The molecule has 2 amide bonds. The van der Waals surface area contributed by atoms with E-state index in [4.69, 9.17) is 4.74 Å². The summed E-state index contributed by atoms with van der Waals surface area (Å²) in [5.41, 5.74) is 1.29. The lowest BCUT2D eigenvalue weighted by atomic mass is 9.98. The largest absolute Gasteiger partial charge is 0.377 e. The van der Waals surface area contributed by atoms with E-state index >= 15 is 0 Å². The summed E-state index contributed by atoms with van der Waals surface area (Å²) in [7, 11) is 0. The minimum atomic E-state index is -0.112. The number of nitrogens with zero attached hydrogens (tertiary/aromatic N) is 1. The van der Waals surface area contributed by atoms with Gasteiger partial charge < -0.3 is 20.3 Å². The molecule has 6 heteroatoms. The number of amides is 2. The standard InChI is InChI=1S/C20H29N3O3/c1-15-7-9-23(10-8-15)20(25)16-4-2-5-17(12-16)22-19(24)14-21-13-18-6-3-11-26-18/h2,4-5,12,15,18,21H,3,6-11,13-14H2,1H3,(H,22,24). The number of likely N-dealkylation sites (tertiary alicyclic amines) is 1. The van der Waals surface area contributed by atoms with Crippen LogP contribution in [0.5, 0.6) is 0 Å². The Bertz CT molecular complexity index is 620. The summed E-state index contributed by atoms with van der Waals surface area (Å²) in [4.78, 5) is 26.7. The summed E-state index contributed by atoms with van der Waals surface area (Å²) in [5.74, 6) is 0.621. The molecule has 0 radical (unpaired) electrons. The van der Waals surface area contributed by atoms with Gasteiger partial charge in [0.05, 0.1) is 12.6 Å². The molecule has 0 aliphatic carbocycles. The van der Waals surface area contributed by atoms with Gasteiger partial charge in [-0.1, -0.05) is 13.0 Å². The third kappa shape index (κ3) is 5.29. The van der Waals surface area contributed by atoms with E-state index in [0.29, 0.717) is 23.7 Å². The minimum Gasteiger partial charge on any atom is -0.377 e. The third-order valence-corrected chi connectivity index (χ3v) is 5.15. The molecule has 6 nitrogen and oxygen atoms in total. The summed E-state index contributed by atoms with van der Waals surface area (Å²) in [6, 6.07) is 7.20. The van der Waals surface area contributed by atoms with E-state index < -0.39 is 0 Å². The predicted molar refractivity (Wildman–Crippen MR) is 101 cm³/mol. The minimum absolute atomic E-state index is 0.0458. The smallest absolute Gasteiger partial charge is 0.253 e. The van der Waals surface area contributed by atoms with Crippen LogP contribution in [0.25, 0.3) is 0 Å². The lowest BCUT2D eigenvalue weighted by molar-refractivity contribution is -0.115. The molecular weight excluding hydrogens is 330 g/mol. The van der Waals surface area contributed by atoms with Crippen LogP contribution in [-0.2, 0) is 9.53 Å². The van der Waals surface area contributed by atoms with Crippen molar-refractivity contribution < 1.29 is 14.3 Å². The first kappa shape index (κ1) is 18.9. The van der Waals surface area contributed by atoms with E-state index in [9.17, 15) is 9.59 Å². The molecule has 2 aliphatic rings. The molecule has 2 N–H and O–H groups in total. The number of benzene rings is 1. The Hall–Kier alpha value is -1.92. The van der Waals surface area contributed by atoms with E-state index in [-0.39, 0.29) is 24.5 Å². The highest BCUT2D eigenvalue weighted by Crippen LogP contribution is 2.19. The molecule has 142 valence electrons. The van der Waals surface area contributed by atoms with Crippen LogP contribution in [0.15, 0.2) is 24.3 Å². The van der Waals surface area contributed by atoms with Gasteiger partial charge in [0.1, 0.15) is 0 Å². The maximum Gasteiger partial charge on any atom is 0.253 e. The van der Waals surface area contributed by atoms with Gasteiger partial charge in [-0.3, -0.25) is 9.59 Å². The van der Waals surface area contributed by atoms with Crippen LogP contribution in [0, 0.1) is 5.92 Å². The van der Waals surface area contributed by atoms with Gasteiger partial charge >= 0.3 is 0 Å². The van der Waals surface area contributed by atoms with Crippen molar-refractivity contribution in [2.24, 2.45) is 5.92 Å². The molecule has 2 saturated heterocycles. The summed E-state index contributed by atoms with van der Waals surface area (Å²) < 4.78 is 5.52. The fourth-order valence-corrected chi connectivity index (χ4v) is 3.48. The van der Waals surface area contributed by atoms with Crippen LogP contribution in [0.4, 0.5) is 5.69 Å². The van der Waals surface area contributed by atoms with Gasteiger partial charge in [0, 0.05) is 37.5 Å². The first-order valence-corrected chi connectivity index (χ1v) is 9.63. The van der Waals surface area contributed by atoms with Gasteiger partial charge in [-0.2, -0.15) is 0 Å². The maximum absolute atomic E-state index is 12.7. The first-order valence-electron chi connectivity index (χ1n) is 9.63. The number of carbonyl (C=O) groups is 2. The third-order valence-electron chi connectivity index (χ3n) is 5.15. The second kappa shape index (κ2) is 9.14. The number of ether oxygens (including phenoxy) is 1. The van der Waals surface area contributed by atoms with Gasteiger partial charge in [0.15, 0.2) is 0 Å². The van der Waals surface area contributed by atoms with Crippen LogP contribution in [-0.4, -0.2) is 55.6 Å². The SMILES string of the molecule is CC1CCN(C(=O)c2cccc(NC(=O)CNCC3CCCO3)c2)CC1. The highest BCUT2D eigenvalue weighted by molar-refractivity contribution is 5.97. The van der Waals surface area contributed by atoms with Crippen molar-refractivity contribution in [1.82, 2.24) is 10.2 Å². The van der Waals surface area contributed by atoms with E-state index in [1.807, 2.05) is 23.1 Å². The highest BCUT2D eigenvalue weighted by atomic mass is 16.5. The summed E-state index contributed by atoms with van der Waals surface area (Å²) in [6.45, 7) is 5.59. The monoisotopic (exact) mass is 359 g/mol. The van der Waals surface area contributed by atoms with Crippen LogP contribution in [0.1, 0.15) is 43.0 Å². The molecule has 2 heterocycles. The van der Waals surface area contributed by atoms with Crippen molar-refractivity contribution in [1.29, 1.82) is 0 Å². The molecule has 1 aromatic carbocycles. The molecule has 0 saturated carbocycles. The second-order valence-corrected chi connectivity index (χ2v) is 7.37. The molecule has 3 rings (SSSR count). The number of nitrogens with one attached hydrogen (secondary N) is 2. The number of piperidine rings is 1. The Morgan fingerprint density at radius 2 is 2.04 bits per heavy atom. The van der Waals surface area contributed by atoms with E-state index in [1.54, 1.807) is 6.07 Å². The van der Waals surface area contributed by atoms with Crippen LogP contribution in [0.2, 0.25) is 0 Å². The number of carbonyl (C=O) groups excluding carboxylic acids is 2. The van der Waals surface area contributed by atoms with Crippen LogP contribution < -0.4 is 10.6 Å². The Morgan fingerprint density at radius 1 is 1.23 bits per heavy atom. The zero-order valence-electron chi connectivity index (χ0n) is 15.5. The van der Waals surface area contributed by atoms with Crippen molar-refractivity contribution in [2.45, 2.75) is 38.7 Å². The van der Waals surface area contributed by atoms with Crippen molar-refractivity contribution in [2.75, 3.05) is 38.1 Å². The summed E-state index contributed by atoms with van der Waals surface area (Å²) >= 11 is 0. The highest BCUT2D eigenvalue weighted by Gasteiger charge is 2.21. The molecule has 1 aromatic rings. The molecule has 0 spiro atoms. The molecule has 1 unspecified atom stereocenters. The lowest BCUT2D eigenvalue weighted by Gasteiger charge is -2.30. The average molecular weight is 359 g/mol. The number of rotatable bonds is 6. The fourth-order valence-electron chi connectivity index (χ4n) is 3.48. The number of hydrogen-bond acceptors (Lipinski definition) is 4. The quantitative estimate of drug-likeness (QED) is 0.817. The van der Waals surface area contributed by atoms with Crippen molar-refractivity contribution in [3.8, 4) is 0 Å². The van der Waals surface area contributed by atoms with Gasteiger partial charge in [-0.25, -0.2) is 0 Å². The Kier molecular flexibility index (Phi) is 6.63. The van der Waals surface area contributed by atoms with E-state index in [0.717, 1.165) is 45.4 Å². The van der Waals surface area contributed by atoms with E-state index in [2.05, 4.69) is 17.6 Å². The van der Waals surface area contributed by atoms with Crippen LogP contribution in [0.3, 0.4) is 0 Å². The lowest BCUT2D eigenvalue weighted by Crippen LogP contribution is -2.38. The van der Waals surface area contributed by atoms with E-state index in [1.165, 1.54) is 0 Å². The van der Waals surface area contributed by atoms with Crippen molar-refractivity contribution >= 4 is 17.5 Å². The number of hydrogen-bond donors (Lipinski definition) is 2. The summed E-state index contributed by atoms with van der Waals surface area (Å²) in [5, 5.41) is 5.99. The topological polar surface area (TPSA) is 70.7 Å². The molecule has 0 aromatic heterocycles. The molecule has 0 bridgehead atoms. The molecule has 2 fully saturated rings. The average Bonchev–Trinajstić information content (AvgIpc) is 3.15. The van der Waals surface area contributed by atoms with Gasteiger partial charge in [0.25, 0.3) is 5.91 Å². The van der Waals surface area contributed by atoms with Crippen molar-refractivity contribution in [3.05, 3.63) is 29.8 Å². The normalized spacial score (nSPS) is 21.0. The maximum atomic E-state index is 12.7. The second-order valence-electron chi connectivity index (χ2n) is 7.37. The molecule has 2 aliphatic heterocycles. The first-order chi connectivity index (χ1) is 12.6. The molecule has 26 heavy (non-hydrogen) atoms. The van der Waals surface area contributed by atoms with Crippen molar-refractivity contribution in [3.63, 3.8) is 0 Å². The predicted octanol–water partition coefficient (Wildman–Crippen LogP) is 2.27. The fraction of sp³-hybridized carbons (Fsp3) is 0.600. The Labute approximate surface area is 155 Å². The summed E-state index contributed by atoms with van der Waals surface area (Å²) in [6.07, 6.45) is 4.47. The Balaban J connectivity index is 1.48. The van der Waals surface area contributed by atoms with Gasteiger partial charge in [0.2, 0.25) is 5.91 Å². The zero-order chi connectivity index (χ0) is 18.4. The number of anilines is 1. The molecule has 1 atom stereocenters. The van der Waals surface area contributed by atoms with Gasteiger partial charge in [-0.15, -0.1) is 0 Å².